The fourth-order valence-corrected chi connectivity index (χ4v) is 3.96. The number of aromatic nitrogens is 1. The molecule has 2 aromatic carbocycles. The van der Waals surface area contributed by atoms with Gasteiger partial charge >= 0.3 is 0 Å². The minimum absolute atomic E-state index is 0.133. The lowest BCUT2D eigenvalue weighted by Crippen LogP contribution is -2.32. The predicted octanol–water partition coefficient (Wildman–Crippen LogP) is 3.83. The zero-order valence-corrected chi connectivity index (χ0v) is 16.5. The van der Waals surface area contributed by atoms with Crippen LogP contribution in [-0.4, -0.2) is 30.7 Å². The van der Waals surface area contributed by atoms with Gasteiger partial charge in [-0.3, -0.25) is 9.78 Å². The maximum absolute atomic E-state index is 12.9. The Morgan fingerprint density at radius 2 is 1.71 bits per heavy atom. The SMILES string of the molecule is O=C1C(=Cc2ccncc2)Oc2c1ccc1c2CN(c2ccc3c(c2)OCCO3)CO1. The van der Waals surface area contributed by atoms with Crippen LogP contribution >= 0.6 is 0 Å². The Bertz CT molecular complexity index is 1220. The molecule has 0 N–H and O–H groups in total. The van der Waals surface area contributed by atoms with Gasteiger partial charge in [0.2, 0.25) is 5.78 Å². The normalized spacial score (nSPS) is 17.6. The van der Waals surface area contributed by atoms with Crippen molar-refractivity contribution >= 4 is 17.5 Å². The molecule has 0 radical (unpaired) electrons. The van der Waals surface area contributed by atoms with Crippen LogP contribution in [0.3, 0.4) is 0 Å². The summed E-state index contributed by atoms with van der Waals surface area (Å²) in [5.41, 5.74) is 3.20. The maximum Gasteiger partial charge on any atom is 0.231 e. The van der Waals surface area contributed by atoms with E-state index in [0.29, 0.717) is 43.6 Å². The minimum atomic E-state index is -0.133. The topological polar surface area (TPSA) is 70.1 Å². The monoisotopic (exact) mass is 414 g/mol. The molecule has 3 aliphatic heterocycles. The van der Waals surface area contributed by atoms with Crippen LogP contribution in [0.4, 0.5) is 5.69 Å². The summed E-state index contributed by atoms with van der Waals surface area (Å²) in [6.45, 7) is 2.03. The zero-order chi connectivity index (χ0) is 20.8. The lowest BCUT2D eigenvalue weighted by Gasteiger charge is -2.32. The van der Waals surface area contributed by atoms with E-state index in [9.17, 15) is 4.79 Å². The van der Waals surface area contributed by atoms with Gasteiger partial charge in [0.1, 0.15) is 24.7 Å². The summed E-state index contributed by atoms with van der Waals surface area (Å²) >= 11 is 0. The molecule has 0 saturated carbocycles. The number of Topliss-reactive ketones (excluding diaryl/α,β-unsaturated/α-hetero) is 1. The van der Waals surface area contributed by atoms with E-state index in [0.717, 1.165) is 34.1 Å². The van der Waals surface area contributed by atoms with Gasteiger partial charge in [0.05, 0.1) is 17.7 Å². The number of benzene rings is 2. The van der Waals surface area contributed by atoms with Crippen molar-refractivity contribution in [1.82, 2.24) is 4.98 Å². The van der Waals surface area contributed by atoms with E-state index >= 15 is 0 Å². The van der Waals surface area contributed by atoms with Crippen molar-refractivity contribution in [2.75, 3.05) is 24.8 Å². The highest BCUT2D eigenvalue weighted by Gasteiger charge is 2.34. The number of nitrogens with zero attached hydrogens (tertiary/aromatic N) is 2. The fraction of sp³-hybridized carbons (Fsp3) is 0.167. The van der Waals surface area contributed by atoms with E-state index in [1.165, 1.54) is 0 Å². The number of fused-ring (bicyclic) bond motifs is 4. The zero-order valence-electron chi connectivity index (χ0n) is 16.5. The third kappa shape index (κ3) is 3.06. The molecule has 0 amide bonds. The summed E-state index contributed by atoms with van der Waals surface area (Å²) in [7, 11) is 0. The largest absolute Gasteiger partial charge is 0.486 e. The molecule has 0 spiro atoms. The summed E-state index contributed by atoms with van der Waals surface area (Å²) in [6, 6.07) is 13.1. The molecule has 0 aliphatic carbocycles. The molecule has 31 heavy (non-hydrogen) atoms. The van der Waals surface area contributed by atoms with E-state index < -0.39 is 0 Å². The number of rotatable bonds is 2. The molecular formula is C24H18N2O5. The molecule has 3 aliphatic rings. The second kappa shape index (κ2) is 7.05. The first-order valence-electron chi connectivity index (χ1n) is 10.0. The highest BCUT2D eigenvalue weighted by molar-refractivity contribution is 6.15. The van der Waals surface area contributed by atoms with Crippen molar-refractivity contribution in [2.45, 2.75) is 6.54 Å². The van der Waals surface area contributed by atoms with E-state index in [1.54, 1.807) is 24.5 Å². The van der Waals surface area contributed by atoms with Crippen LogP contribution < -0.4 is 23.8 Å². The second-order valence-corrected chi connectivity index (χ2v) is 7.44. The van der Waals surface area contributed by atoms with E-state index in [2.05, 4.69) is 9.88 Å². The molecule has 0 bridgehead atoms. The third-order valence-corrected chi connectivity index (χ3v) is 5.52. The van der Waals surface area contributed by atoms with Crippen molar-refractivity contribution in [3.8, 4) is 23.0 Å². The number of ether oxygens (including phenoxy) is 4. The molecule has 0 saturated heterocycles. The maximum atomic E-state index is 12.9. The number of anilines is 1. The van der Waals surface area contributed by atoms with Crippen LogP contribution in [-0.2, 0) is 6.54 Å². The fourth-order valence-electron chi connectivity index (χ4n) is 3.96. The van der Waals surface area contributed by atoms with Gasteiger partial charge in [-0.05, 0) is 48.0 Å². The van der Waals surface area contributed by atoms with Crippen LogP contribution in [0.5, 0.6) is 23.0 Å². The molecule has 0 fully saturated rings. The number of carbonyl (C=O) groups is 1. The van der Waals surface area contributed by atoms with Crippen molar-refractivity contribution in [2.24, 2.45) is 0 Å². The Kier molecular flexibility index (Phi) is 4.06. The van der Waals surface area contributed by atoms with Crippen molar-refractivity contribution < 1.29 is 23.7 Å². The van der Waals surface area contributed by atoms with Gasteiger partial charge in [-0.15, -0.1) is 0 Å². The van der Waals surface area contributed by atoms with Crippen LogP contribution in [0.25, 0.3) is 6.08 Å². The van der Waals surface area contributed by atoms with Gasteiger partial charge in [0.15, 0.2) is 24.0 Å². The first-order valence-corrected chi connectivity index (χ1v) is 10.0. The van der Waals surface area contributed by atoms with Crippen LogP contribution in [0.15, 0.2) is 60.6 Å². The highest BCUT2D eigenvalue weighted by Crippen LogP contribution is 2.43. The lowest BCUT2D eigenvalue weighted by molar-refractivity contribution is 0.101. The van der Waals surface area contributed by atoms with Crippen LogP contribution in [0.1, 0.15) is 21.5 Å². The van der Waals surface area contributed by atoms with Gasteiger partial charge in [0.25, 0.3) is 0 Å². The summed E-state index contributed by atoms with van der Waals surface area (Å²) in [5, 5.41) is 0. The van der Waals surface area contributed by atoms with Crippen molar-refractivity contribution in [3.05, 3.63) is 77.3 Å². The van der Waals surface area contributed by atoms with Gasteiger partial charge in [0, 0.05) is 24.1 Å². The summed E-state index contributed by atoms with van der Waals surface area (Å²) in [5.74, 6) is 2.92. The Hall–Kier alpha value is -4.00. The average molecular weight is 414 g/mol. The summed E-state index contributed by atoms with van der Waals surface area (Å²) < 4.78 is 23.3. The smallest absolute Gasteiger partial charge is 0.231 e. The number of hydrogen-bond donors (Lipinski definition) is 0. The van der Waals surface area contributed by atoms with Gasteiger partial charge in [-0.2, -0.15) is 0 Å². The molecule has 6 rings (SSSR count). The molecular weight excluding hydrogens is 396 g/mol. The van der Waals surface area contributed by atoms with E-state index in [4.69, 9.17) is 18.9 Å². The Morgan fingerprint density at radius 3 is 2.58 bits per heavy atom. The molecule has 4 heterocycles. The highest BCUT2D eigenvalue weighted by atomic mass is 16.6. The molecule has 7 nitrogen and oxygen atoms in total. The molecule has 1 aromatic heterocycles. The van der Waals surface area contributed by atoms with E-state index in [-0.39, 0.29) is 5.78 Å². The molecule has 0 atom stereocenters. The Morgan fingerprint density at radius 1 is 0.903 bits per heavy atom. The summed E-state index contributed by atoms with van der Waals surface area (Å²) in [6.07, 6.45) is 5.10. The second-order valence-electron chi connectivity index (χ2n) is 7.44. The molecule has 3 aromatic rings. The molecule has 0 unspecified atom stereocenters. The number of pyridine rings is 1. The standard InChI is InChI=1S/C24H18N2O5/c27-23-17-2-4-19-18(24(17)31-22(23)11-15-5-7-25-8-6-15)13-26(14-30-19)16-1-3-20-21(12-16)29-10-9-28-20/h1-8,11-12H,9-10,13-14H2. The van der Waals surface area contributed by atoms with Gasteiger partial charge < -0.3 is 23.8 Å². The number of ketones is 1. The predicted molar refractivity (Wildman–Crippen MR) is 113 cm³/mol. The van der Waals surface area contributed by atoms with Gasteiger partial charge in [-0.1, -0.05) is 0 Å². The van der Waals surface area contributed by atoms with Crippen LogP contribution in [0, 0.1) is 0 Å². The third-order valence-electron chi connectivity index (χ3n) is 5.52. The van der Waals surface area contributed by atoms with E-state index in [1.807, 2.05) is 36.4 Å². The Labute approximate surface area is 178 Å². The number of carbonyl (C=O) groups excluding carboxylic acids is 1. The van der Waals surface area contributed by atoms with Crippen molar-refractivity contribution in [3.63, 3.8) is 0 Å². The van der Waals surface area contributed by atoms with Gasteiger partial charge in [-0.25, -0.2) is 0 Å². The first kappa shape index (κ1) is 17.8. The Balaban J connectivity index is 1.33. The molecule has 154 valence electrons. The first-order chi connectivity index (χ1) is 15.3. The summed E-state index contributed by atoms with van der Waals surface area (Å²) in [4.78, 5) is 19.0. The number of allylic oxidation sites excluding steroid dienone is 1. The quantitative estimate of drug-likeness (QED) is 0.591. The minimum Gasteiger partial charge on any atom is -0.486 e. The molecule has 7 heteroatoms. The number of hydrogen-bond acceptors (Lipinski definition) is 7. The average Bonchev–Trinajstić information content (AvgIpc) is 3.14. The van der Waals surface area contributed by atoms with Crippen LogP contribution in [0.2, 0.25) is 0 Å². The lowest BCUT2D eigenvalue weighted by atomic mass is 10.0. The van der Waals surface area contributed by atoms with Crippen molar-refractivity contribution in [1.29, 1.82) is 0 Å².